The maximum atomic E-state index is 3.64. The second-order valence-corrected chi connectivity index (χ2v) is 3.54. The summed E-state index contributed by atoms with van der Waals surface area (Å²) in [7, 11) is 0. The minimum Gasteiger partial charge on any atom is -0.387 e. The van der Waals surface area contributed by atoms with Gasteiger partial charge in [-0.1, -0.05) is 24.8 Å². The van der Waals surface area contributed by atoms with E-state index in [1.54, 1.807) is 17.3 Å². The van der Waals surface area contributed by atoms with Crippen molar-refractivity contribution < 1.29 is 0 Å². The van der Waals surface area contributed by atoms with Gasteiger partial charge >= 0.3 is 0 Å². The molecule has 0 amide bonds. The van der Waals surface area contributed by atoms with Gasteiger partial charge in [-0.05, 0) is 42.2 Å². The Balaban J connectivity index is 2.16. The molecule has 1 aliphatic carbocycles. The molecule has 0 fully saturated rings. The van der Waals surface area contributed by atoms with Crippen LogP contribution in [0.25, 0.3) is 0 Å². The minimum absolute atomic E-state index is 0.900. The van der Waals surface area contributed by atoms with Crippen LogP contribution in [0, 0.1) is 0 Å². The predicted molar refractivity (Wildman–Crippen MR) is 55.5 cm³/mol. The van der Waals surface area contributed by atoms with Gasteiger partial charge in [0.2, 0.25) is 0 Å². The number of hydrogen-bond acceptors (Lipinski definition) is 1. The molecule has 1 heteroatoms. The summed E-state index contributed by atoms with van der Waals surface area (Å²) < 4.78 is 0. The molecule has 68 valence electrons. The fourth-order valence-corrected chi connectivity index (χ4v) is 1.93. The van der Waals surface area contributed by atoms with Gasteiger partial charge in [0, 0.05) is 6.54 Å². The molecule has 0 saturated carbocycles. The molecule has 1 aromatic carbocycles. The molecule has 1 aromatic rings. The molecule has 1 N–H and O–H groups in total. The van der Waals surface area contributed by atoms with E-state index < -0.39 is 0 Å². The van der Waals surface area contributed by atoms with Gasteiger partial charge in [0.05, 0.1) is 0 Å². The Hall–Kier alpha value is -1.24. The molecule has 0 aliphatic heterocycles. The summed E-state index contributed by atoms with van der Waals surface area (Å²) in [4.78, 5) is 0. The second kappa shape index (κ2) is 3.65. The van der Waals surface area contributed by atoms with Gasteiger partial charge in [-0.25, -0.2) is 0 Å². The number of rotatable bonds is 3. The molecular weight excluding hydrogens is 158 g/mol. The topological polar surface area (TPSA) is 12.0 Å². The normalized spacial score (nSPS) is 13.8. The Bertz CT molecular complexity index is 315. The van der Waals surface area contributed by atoms with Crippen LogP contribution in [-0.2, 0) is 19.4 Å². The highest BCUT2D eigenvalue weighted by atomic mass is 14.8. The molecule has 0 saturated heterocycles. The third-order valence-electron chi connectivity index (χ3n) is 2.61. The Kier molecular flexibility index (Phi) is 2.35. The Labute approximate surface area is 79.5 Å². The molecular formula is C12H15N. The molecule has 0 radical (unpaired) electrons. The van der Waals surface area contributed by atoms with Crippen LogP contribution >= 0.6 is 0 Å². The lowest BCUT2D eigenvalue weighted by Gasteiger charge is -2.04. The van der Waals surface area contributed by atoms with E-state index in [4.69, 9.17) is 0 Å². The largest absolute Gasteiger partial charge is 0.387 e. The van der Waals surface area contributed by atoms with E-state index in [1.165, 1.54) is 24.8 Å². The highest BCUT2D eigenvalue weighted by Crippen LogP contribution is 2.22. The van der Waals surface area contributed by atoms with Crippen molar-refractivity contribution >= 4 is 0 Å². The van der Waals surface area contributed by atoms with Crippen LogP contribution in [0.2, 0.25) is 0 Å². The highest BCUT2D eigenvalue weighted by Gasteiger charge is 2.09. The molecule has 0 spiro atoms. The van der Waals surface area contributed by atoms with Crippen molar-refractivity contribution in [2.45, 2.75) is 25.8 Å². The number of nitrogens with one attached hydrogen (secondary N) is 1. The van der Waals surface area contributed by atoms with Gasteiger partial charge in [0.25, 0.3) is 0 Å². The van der Waals surface area contributed by atoms with Gasteiger partial charge in [0.1, 0.15) is 0 Å². The summed E-state index contributed by atoms with van der Waals surface area (Å²) in [6, 6.07) is 6.79. The fraction of sp³-hybridized carbons (Fsp3) is 0.333. The molecule has 1 nitrogen and oxygen atoms in total. The van der Waals surface area contributed by atoms with E-state index in [0.717, 1.165) is 6.54 Å². The first-order valence-corrected chi connectivity index (χ1v) is 4.85. The average molecular weight is 173 g/mol. The number of fused-ring (bicyclic) bond motifs is 1. The number of benzene rings is 1. The third kappa shape index (κ3) is 1.74. The summed E-state index contributed by atoms with van der Waals surface area (Å²) in [5, 5.41) is 3.12. The zero-order chi connectivity index (χ0) is 9.10. The molecule has 0 atom stereocenters. The van der Waals surface area contributed by atoms with Crippen molar-refractivity contribution in [2.24, 2.45) is 0 Å². The molecule has 0 aromatic heterocycles. The predicted octanol–water partition coefficient (Wildman–Crippen LogP) is 2.41. The van der Waals surface area contributed by atoms with Crippen molar-refractivity contribution in [1.82, 2.24) is 5.32 Å². The van der Waals surface area contributed by atoms with Gasteiger partial charge in [-0.15, -0.1) is 0 Å². The minimum atomic E-state index is 0.900. The van der Waals surface area contributed by atoms with E-state index in [1.807, 2.05) is 0 Å². The fourth-order valence-electron chi connectivity index (χ4n) is 1.93. The van der Waals surface area contributed by atoms with Crippen LogP contribution in [0.3, 0.4) is 0 Å². The summed E-state index contributed by atoms with van der Waals surface area (Å²) in [6.07, 6.45) is 5.60. The van der Waals surface area contributed by atoms with Crippen molar-refractivity contribution in [3.8, 4) is 0 Å². The van der Waals surface area contributed by atoms with Gasteiger partial charge in [0.15, 0.2) is 0 Å². The lowest BCUT2D eigenvalue weighted by Crippen LogP contribution is -2.03. The lowest BCUT2D eigenvalue weighted by molar-refractivity contribution is 0.869. The zero-order valence-electron chi connectivity index (χ0n) is 7.84. The molecule has 1 aliphatic rings. The summed E-state index contributed by atoms with van der Waals surface area (Å²) in [5.41, 5.74) is 4.45. The van der Waals surface area contributed by atoms with E-state index in [-0.39, 0.29) is 0 Å². The van der Waals surface area contributed by atoms with Crippen molar-refractivity contribution in [1.29, 1.82) is 0 Å². The van der Waals surface area contributed by atoms with Crippen LogP contribution in [-0.4, -0.2) is 0 Å². The van der Waals surface area contributed by atoms with E-state index in [9.17, 15) is 0 Å². The average Bonchev–Trinajstić information content (AvgIpc) is 2.61. The second-order valence-electron chi connectivity index (χ2n) is 3.54. The van der Waals surface area contributed by atoms with Gasteiger partial charge in [-0.3, -0.25) is 0 Å². The Morgan fingerprint density at radius 1 is 1.31 bits per heavy atom. The maximum absolute atomic E-state index is 3.64. The molecule has 0 unspecified atom stereocenters. The summed E-state index contributed by atoms with van der Waals surface area (Å²) in [6.45, 7) is 4.54. The van der Waals surface area contributed by atoms with Crippen LogP contribution in [0.5, 0.6) is 0 Å². The Morgan fingerprint density at radius 3 is 3.00 bits per heavy atom. The van der Waals surface area contributed by atoms with Gasteiger partial charge < -0.3 is 5.32 Å². The zero-order valence-corrected chi connectivity index (χ0v) is 7.84. The van der Waals surface area contributed by atoms with Crippen molar-refractivity contribution in [3.63, 3.8) is 0 Å². The highest BCUT2D eigenvalue weighted by molar-refractivity contribution is 5.35. The van der Waals surface area contributed by atoms with E-state index in [0.29, 0.717) is 0 Å². The molecule has 13 heavy (non-hydrogen) atoms. The number of aryl methyl sites for hydroxylation is 2. The van der Waals surface area contributed by atoms with E-state index >= 15 is 0 Å². The standard InChI is InChI=1S/C12H15N/c1-2-13-9-10-6-7-11-4-3-5-12(11)8-10/h2,6-8,13H,1,3-5,9H2. The SMILES string of the molecule is C=CNCc1ccc2c(c1)CCC2. The summed E-state index contributed by atoms with van der Waals surface area (Å²) in [5.74, 6) is 0. The van der Waals surface area contributed by atoms with Gasteiger partial charge in [-0.2, -0.15) is 0 Å². The van der Waals surface area contributed by atoms with Crippen molar-refractivity contribution in [3.05, 3.63) is 47.7 Å². The maximum Gasteiger partial charge on any atom is 0.0395 e. The number of hydrogen-bond donors (Lipinski definition) is 1. The van der Waals surface area contributed by atoms with Crippen LogP contribution in [0.1, 0.15) is 23.1 Å². The van der Waals surface area contributed by atoms with Crippen LogP contribution in [0.4, 0.5) is 0 Å². The van der Waals surface area contributed by atoms with Crippen LogP contribution in [0.15, 0.2) is 31.0 Å². The lowest BCUT2D eigenvalue weighted by atomic mass is 10.1. The third-order valence-corrected chi connectivity index (χ3v) is 2.61. The smallest absolute Gasteiger partial charge is 0.0395 e. The summed E-state index contributed by atoms with van der Waals surface area (Å²) >= 11 is 0. The van der Waals surface area contributed by atoms with E-state index in [2.05, 4.69) is 30.1 Å². The Morgan fingerprint density at radius 2 is 2.15 bits per heavy atom. The molecule has 0 bridgehead atoms. The van der Waals surface area contributed by atoms with Crippen LogP contribution < -0.4 is 5.32 Å². The first-order chi connectivity index (χ1) is 6.40. The molecule has 2 rings (SSSR count). The monoisotopic (exact) mass is 173 g/mol. The molecule has 0 heterocycles. The first kappa shape index (κ1) is 8.36. The quantitative estimate of drug-likeness (QED) is 0.740. The van der Waals surface area contributed by atoms with Crippen molar-refractivity contribution in [2.75, 3.05) is 0 Å². The first-order valence-electron chi connectivity index (χ1n) is 4.85.